The molecule has 0 spiro atoms. The van der Waals surface area contributed by atoms with E-state index in [1.807, 2.05) is 72.8 Å². The van der Waals surface area contributed by atoms with Gasteiger partial charge in [-0.25, -0.2) is 0 Å². The molecule has 0 bridgehead atoms. The second-order valence-electron chi connectivity index (χ2n) is 11.1. The van der Waals surface area contributed by atoms with Crippen LogP contribution in [0.3, 0.4) is 0 Å². The van der Waals surface area contributed by atoms with Crippen LogP contribution in [0.25, 0.3) is 22.5 Å². The summed E-state index contributed by atoms with van der Waals surface area (Å²) in [6, 6.07) is 23.1. The fourth-order valence-electron chi connectivity index (χ4n) is 5.11. The molecule has 0 saturated heterocycles. The van der Waals surface area contributed by atoms with E-state index in [4.69, 9.17) is 5.73 Å². The maximum atomic E-state index is 13.8. The predicted molar refractivity (Wildman–Crippen MR) is 157 cm³/mol. The first-order valence-electron chi connectivity index (χ1n) is 13.8. The number of carbonyl (C=O) groups is 2. The number of amides is 2. The van der Waals surface area contributed by atoms with Gasteiger partial charge >= 0.3 is 0 Å². The lowest BCUT2D eigenvalue weighted by Crippen LogP contribution is -2.49. The minimum Gasteiger partial charge on any atom is -0.394 e. The van der Waals surface area contributed by atoms with Crippen LogP contribution in [0.15, 0.2) is 72.8 Å². The molecule has 0 fully saturated rings. The summed E-state index contributed by atoms with van der Waals surface area (Å²) in [6.07, 6.45) is 1.34. The Bertz CT molecular complexity index is 1530. The smallest absolute Gasteiger partial charge is 0.249 e. The number of hydrogen-bond donors (Lipinski definition) is 3. The molecule has 2 heterocycles. The maximum absolute atomic E-state index is 13.8. The molecule has 2 amide bonds. The third-order valence-corrected chi connectivity index (χ3v) is 7.03. The lowest BCUT2D eigenvalue weighted by atomic mass is 9.98. The topological polar surface area (TPSA) is 139 Å². The van der Waals surface area contributed by atoms with E-state index in [1.54, 1.807) is 18.7 Å². The van der Waals surface area contributed by atoms with Gasteiger partial charge < -0.3 is 21.1 Å². The van der Waals surface area contributed by atoms with Crippen molar-refractivity contribution in [3.05, 3.63) is 83.9 Å². The van der Waals surface area contributed by atoms with Gasteiger partial charge in [0.1, 0.15) is 6.04 Å². The summed E-state index contributed by atoms with van der Waals surface area (Å²) < 4.78 is 0. The highest BCUT2D eigenvalue weighted by Crippen LogP contribution is 2.32. The number of aliphatic hydroxyl groups excluding tert-OH is 1. The minimum absolute atomic E-state index is 0.0676. The van der Waals surface area contributed by atoms with E-state index in [9.17, 15) is 14.7 Å². The maximum Gasteiger partial charge on any atom is 0.249 e. The van der Waals surface area contributed by atoms with Crippen LogP contribution < -0.4 is 16.0 Å². The third-order valence-electron chi connectivity index (χ3n) is 7.03. The molecule has 1 aliphatic rings. The molecule has 3 aromatic carbocycles. The summed E-state index contributed by atoms with van der Waals surface area (Å²) in [7, 11) is 0. The zero-order valence-corrected chi connectivity index (χ0v) is 23.3. The zero-order chi connectivity index (χ0) is 29.0. The molecule has 0 aliphatic carbocycles. The van der Waals surface area contributed by atoms with Crippen molar-refractivity contribution < 1.29 is 14.7 Å². The third kappa shape index (κ3) is 6.67. The molecule has 0 radical (unpaired) electrons. The van der Waals surface area contributed by atoms with E-state index >= 15 is 0 Å². The molecule has 4 aromatic rings. The quantitative estimate of drug-likeness (QED) is 0.289. The first-order chi connectivity index (χ1) is 19.7. The summed E-state index contributed by atoms with van der Waals surface area (Å²) >= 11 is 0. The number of nitrogens with two attached hydrogens (primary N) is 1. The van der Waals surface area contributed by atoms with E-state index in [0.717, 1.165) is 33.5 Å². The number of tetrazole rings is 1. The highest BCUT2D eigenvalue weighted by molar-refractivity contribution is 6.00. The van der Waals surface area contributed by atoms with Gasteiger partial charge in [-0.05, 0) is 60.2 Å². The molecular weight excluding hydrogens is 518 g/mol. The minimum atomic E-state index is -0.660. The normalized spacial score (nSPS) is 15.4. The first-order valence-corrected chi connectivity index (χ1v) is 13.8. The van der Waals surface area contributed by atoms with Gasteiger partial charge in [0.05, 0.1) is 19.7 Å². The predicted octanol–water partition coefficient (Wildman–Crippen LogP) is 3.09. The standard InChI is InChI=1S/C31H35N7O3/c1-31(2,32)19-28(40)33-26-16-15-23-7-3-6-10-27(23)37(30(26)41)20-21-11-13-22(14-12-21)24-8-4-5-9-25(24)29-34-36-38(35-29)17-18-39/h3-14,26,39H,15-20,32H2,1-2H3,(H,33,40)/t26-/m1/s1. The number of nitrogens with one attached hydrogen (secondary N) is 1. The Kier molecular flexibility index (Phi) is 8.23. The van der Waals surface area contributed by atoms with Gasteiger partial charge in [-0.3, -0.25) is 9.59 Å². The summed E-state index contributed by atoms with van der Waals surface area (Å²) in [4.78, 5) is 29.6. The Morgan fingerprint density at radius 2 is 1.76 bits per heavy atom. The monoisotopic (exact) mass is 553 g/mol. The van der Waals surface area contributed by atoms with Crippen LogP contribution >= 0.6 is 0 Å². The lowest BCUT2D eigenvalue weighted by Gasteiger charge is -2.27. The van der Waals surface area contributed by atoms with Crippen LogP contribution in [-0.2, 0) is 29.1 Å². The van der Waals surface area contributed by atoms with Crippen molar-refractivity contribution in [2.75, 3.05) is 11.5 Å². The fourth-order valence-corrected chi connectivity index (χ4v) is 5.11. The second-order valence-corrected chi connectivity index (χ2v) is 11.1. The van der Waals surface area contributed by atoms with E-state index in [1.165, 1.54) is 4.80 Å². The summed E-state index contributed by atoms with van der Waals surface area (Å²) in [6.45, 7) is 4.16. The van der Waals surface area contributed by atoms with Crippen LogP contribution in [0.4, 0.5) is 5.69 Å². The molecule has 10 heteroatoms. The second kappa shape index (κ2) is 12.0. The van der Waals surface area contributed by atoms with Gasteiger partial charge in [-0.1, -0.05) is 66.7 Å². The number of hydrogen-bond acceptors (Lipinski definition) is 7. The molecule has 1 aliphatic heterocycles. The number of rotatable bonds is 9. The average molecular weight is 554 g/mol. The van der Waals surface area contributed by atoms with Crippen molar-refractivity contribution >= 4 is 17.5 Å². The molecule has 0 saturated carbocycles. The Balaban J connectivity index is 1.39. The Morgan fingerprint density at radius 1 is 1.05 bits per heavy atom. The molecule has 1 aromatic heterocycles. The van der Waals surface area contributed by atoms with Gasteiger partial charge in [0.2, 0.25) is 17.6 Å². The Morgan fingerprint density at radius 3 is 2.49 bits per heavy atom. The fraction of sp³-hybridized carbons (Fsp3) is 0.323. The number of anilines is 1. The van der Waals surface area contributed by atoms with Crippen molar-refractivity contribution in [1.82, 2.24) is 25.5 Å². The number of carbonyl (C=O) groups excluding carboxylic acids is 2. The molecule has 0 unspecified atom stereocenters. The number of benzene rings is 3. The van der Waals surface area contributed by atoms with Crippen LogP contribution in [0.2, 0.25) is 0 Å². The SMILES string of the molecule is CC(C)(N)CC(=O)N[C@@H]1CCc2ccccc2N(Cc2ccc(-c3ccccc3-c3nnn(CCO)n3)cc2)C1=O. The first kappa shape index (κ1) is 28.1. The van der Waals surface area contributed by atoms with E-state index in [-0.39, 0.29) is 31.4 Å². The molecule has 5 rings (SSSR count). The number of para-hydroxylation sites is 1. The van der Waals surface area contributed by atoms with Gasteiger partial charge in [-0.15, -0.1) is 10.2 Å². The Hall–Kier alpha value is -4.41. The van der Waals surface area contributed by atoms with Crippen LogP contribution in [0, 0.1) is 0 Å². The van der Waals surface area contributed by atoms with Crippen molar-refractivity contribution in [2.24, 2.45) is 5.73 Å². The van der Waals surface area contributed by atoms with Crippen LogP contribution in [-0.4, -0.2) is 55.3 Å². The number of fused-ring (bicyclic) bond motifs is 1. The van der Waals surface area contributed by atoms with Gasteiger partial charge in [-0.2, -0.15) is 4.80 Å². The number of nitrogens with zero attached hydrogens (tertiary/aromatic N) is 5. The number of aryl methyl sites for hydroxylation is 1. The highest BCUT2D eigenvalue weighted by atomic mass is 16.3. The molecular formula is C31H35N7O3. The molecule has 1 atom stereocenters. The largest absolute Gasteiger partial charge is 0.394 e. The van der Waals surface area contributed by atoms with Crippen molar-refractivity contribution in [3.63, 3.8) is 0 Å². The van der Waals surface area contributed by atoms with Crippen LogP contribution in [0.5, 0.6) is 0 Å². The highest BCUT2D eigenvalue weighted by Gasteiger charge is 2.32. The lowest BCUT2D eigenvalue weighted by molar-refractivity contribution is -0.128. The summed E-state index contributed by atoms with van der Waals surface area (Å²) in [5.74, 6) is 0.122. The number of aromatic nitrogens is 4. The van der Waals surface area contributed by atoms with Gasteiger partial charge in [0.15, 0.2) is 0 Å². The van der Waals surface area contributed by atoms with Gasteiger partial charge in [0.25, 0.3) is 0 Å². The average Bonchev–Trinajstić information content (AvgIpc) is 3.37. The van der Waals surface area contributed by atoms with E-state index in [0.29, 0.717) is 25.2 Å². The van der Waals surface area contributed by atoms with Crippen LogP contribution in [0.1, 0.15) is 37.8 Å². The van der Waals surface area contributed by atoms with E-state index in [2.05, 4.69) is 20.7 Å². The van der Waals surface area contributed by atoms with Crippen molar-refractivity contribution in [1.29, 1.82) is 0 Å². The Labute approximate surface area is 239 Å². The number of aliphatic hydroxyl groups is 1. The summed E-state index contributed by atoms with van der Waals surface area (Å²) in [5, 5.41) is 24.7. The van der Waals surface area contributed by atoms with Crippen molar-refractivity contribution in [3.8, 4) is 22.5 Å². The van der Waals surface area contributed by atoms with E-state index < -0.39 is 11.6 Å². The van der Waals surface area contributed by atoms with Crippen molar-refractivity contribution in [2.45, 2.75) is 57.8 Å². The zero-order valence-electron chi connectivity index (χ0n) is 23.3. The molecule has 4 N–H and O–H groups in total. The molecule has 41 heavy (non-hydrogen) atoms. The summed E-state index contributed by atoms with van der Waals surface area (Å²) in [5.41, 5.74) is 11.0. The van der Waals surface area contributed by atoms with Gasteiger partial charge in [0, 0.05) is 23.2 Å². The molecule has 10 nitrogen and oxygen atoms in total. The molecule has 212 valence electrons.